The Balaban J connectivity index is 2.19. The minimum atomic E-state index is -0.879. The Hall–Kier alpha value is -2.87. The first kappa shape index (κ1) is 13.6. The minimum Gasteiger partial charge on any atom is -0.481 e. The Labute approximate surface area is 116 Å². The van der Waals surface area contributed by atoms with Gasteiger partial charge in [0.15, 0.2) is 0 Å². The van der Waals surface area contributed by atoms with Gasteiger partial charge in [-0.1, -0.05) is 12.1 Å². The predicted molar refractivity (Wildman–Crippen MR) is 71.5 cm³/mol. The largest absolute Gasteiger partial charge is 0.481 e. The molecule has 1 aromatic heterocycles. The van der Waals surface area contributed by atoms with Crippen LogP contribution in [0.4, 0.5) is 0 Å². The first-order valence-corrected chi connectivity index (χ1v) is 5.97. The topological polar surface area (TPSA) is 83.2 Å². The van der Waals surface area contributed by atoms with Gasteiger partial charge in [0, 0.05) is 6.20 Å². The van der Waals surface area contributed by atoms with Crippen molar-refractivity contribution in [2.45, 2.75) is 12.8 Å². The third-order valence-corrected chi connectivity index (χ3v) is 2.86. The van der Waals surface area contributed by atoms with Crippen molar-refractivity contribution in [2.75, 3.05) is 0 Å². The van der Waals surface area contributed by atoms with Crippen LogP contribution in [-0.2, 0) is 4.79 Å². The molecule has 0 spiro atoms. The van der Waals surface area contributed by atoms with Crippen LogP contribution in [0.3, 0.4) is 0 Å². The number of rotatable bonds is 4. The maximum Gasteiger partial charge on any atom is 0.310 e. The number of nitriles is 1. The normalized spacial score (nSPS) is 11.4. The van der Waals surface area contributed by atoms with Gasteiger partial charge in [-0.2, -0.15) is 5.26 Å². The summed E-state index contributed by atoms with van der Waals surface area (Å²) in [6.45, 7) is 1.62. The SMILES string of the molecule is CC(C(=O)O)c1ccc(Oc2ncccc2C#N)cc1. The molecule has 1 atom stereocenters. The van der Waals surface area contributed by atoms with Gasteiger partial charge in [-0.3, -0.25) is 4.79 Å². The molecule has 1 unspecified atom stereocenters. The van der Waals surface area contributed by atoms with E-state index in [0.29, 0.717) is 16.9 Å². The van der Waals surface area contributed by atoms with Gasteiger partial charge < -0.3 is 9.84 Å². The summed E-state index contributed by atoms with van der Waals surface area (Å²) in [5, 5.41) is 17.9. The van der Waals surface area contributed by atoms with Crippen molar-refractivity contribution in [3.05, 3.63) is 53.7 Å². The summed E-state index contributed by atoms with van der Waals surface area (Å²) in [6.07, 6.45) is 1.54. The molecule has 1 aromatic carbocycles. The molecule has 0 bridgehead atoms. The molecule has 2 aromatic rings. The summed E-state index contributed by atoms with van der Waals surface area (Å²) in [4.78, 5) is 14.9. The third kappa shape index (κ3) is 2.93. The second kappa shape index (κ2) is 5.85. The monoisotopic (exact) mass is 268 g/mol. The number of nitrogens with zero attached hydrogens (tertiary/aromatic N) is 2. The fourth-order valence-corrected chi connectivity index (χ4v) is 1.64. The summed E-state index contributed by atoms with van der Waals surface area (Å²) in [5.74, 6) is -0.723. The van der Waals surface area contributed by atoms with Crippen LogP contribution in [0.5, 0.6) is 11.6 Å². The standard InChI is InChI=1S/C15H12N2O3/c1-10(15(18)19)11-4-6-13(7-5-11)20-14-12(9-16)3-2-8-17-14/h2-8,10H,1H3,(H,18,19). The van der Waals surface area contributed by atoms with Crippen LogP contribution in [0.1, 0.15) is 24.0 Å². The molecule has 1 heterocycles. The molecule has 0 fully saturated rings. The Morgan fingerprint density at radius 1 is 1.35 bits per heavy atom. The molecule has 0 aliphatic carbocycles. The van der Waals surface area contributed by atoms with Crippen molar-refractivity contribution in [3.63, 3.8) is 0 Å². The molecule has 5 heteroatoms. The Morgan fingerprint density at radius 3 is 2.65 bits per heavy atom. The van der Waals surface area contributed by atoms with E-state index in [1.165, 1.54) is 6.20 Å². The Bertz CT molecular complexity index is 660. The molecule has 0 saturated carbocycles. The van der Waals surface area contributed by atoms with E-state index in [1.807, 2.05) is 6.07 Å². The number of aromatic nitrogens is 1. The third-order valence-electron chi connectivity index (χ3n) is 2.86. The van der Waals surface area contributed by atoms with Gasteiger partial charge in [-0.05, 0) is 36.8 Å². The summed E-state index contributed by atoms with van der Waals surface area (Å²) >= 11 is 0. The second-order valence-electron chi connectivity index (χ2n) is 4.20. The van der Waals surface area contributed by atoms with E-state index >= 15 is 0 Å². The van der Waals surface area contributed by atoms with Gasteiger partial charge in [-0.15, -0.1) is 0 Å². The van der Waals surface area contributed by atoms with Crippen LogP contribution in [0.25, 0.3) is 0 Å². The summed E-state index contributed by atoms with van der Waals surface area (Å²) in [6, 6.07) is 11.9. The van der Waals surface area contributed by atoms with E-state index in [0.717, 1.165) is 0 Å². The lowest BCUT2D eigenvalue weighted by molar-refractivity contribution is -0.138. The maximum absolute atomic E-state index is 10.9. The van der Waals surface area contributed by atoms with Crippen LogP contribution in [0, 0.1) is 11.3 Å². The van der Waals surface area contributed by atoms with Crippen molar-refractivity contribution in [1.29, 1.82) is 5.26 Å². The lowest BCUT2D eigenvalue weighted by Gasteiger charge is -2.09. The molecule has 5 nitrogen and oxygen atoms in total. The van der Waals surface area contributed by atoms with Gasteiger partial charge >= 0.3 is 5.97 Å². The number of hydrogen-bond donors (Lipinski definition) is 1. The Morgan fingerprint density at radius 2 is 2.05 bits per heavy atom. The summed E-state index contributed by atoms with van der Waals surface area (Å²) in [7, 11) is 0. The van der Waals surface area contributed by atoms with E-state index in [-0.39, 0.29) is 5.88 Å². The number of carbonyl (C=O) groups is 1. The smallest absolute Gasteiger partial charge is 0.310 e. The van der Waals surface area contributed by atoms with Crippen molar-refractivity contribution >= 4 is 5.97 Å². The van der Waals surface area contributed by atoms with Crippen molar-refractivity contribution in [2.24, 2.45) is 0 Å². The van der Waals surface area contributed by atoms with Crippen molar-refractivity contribution in [3.8, 4) is 17.7 Å². The van der Waals surface area contributed by atoms with E-state index in [1.54, 1.807) is 43.3 Å². The first-order valence-electron chi connectivity index (χ1n) is 5.97. The molecule has 1 N–H and O–H groups in total. The van der Waals surface area contributed by atoms with Crippen LogP contribution >= 0.6 is 0 Å². The number of hydrogen-bond acceptors (Lipinski definition) is 4. The van der Waals surface area contributed by atoms with E-state index in [9.17, 15) is 4.79 Å². The molecule has 0 radical (unpaired) electrons. The van der Waals surface area contributed by atoms with Gasteiger partial charge in [-0.25, -0.2) is 4.98 Å². The number of ether oxygens (including phenoxy) is 1. The number of carboxylic acid groups (broad SMARTS) is 1. The highest BCUT2D eigenvalue weighted by molar-refractivity contribution is 5.75. The summed E-state index contributed by atoms with van der Waals surface area (Å²) in [5.41, 5.74) is 1.03. The number of carboxylic acids is 1. The molecule has 2 rings (SSSR count). The Kier molecular flexibility index (Phi) is 3.96. The zero-order valence-corrected chi connectivity index (χ0v) is 10.8. The van der Waals surface area contributed by atoms with E-state index in [4.69, 9.17) is 15.1 Å². The average molecular weight is 268 g/mol. The lowest BCUT2D eigenvalue weighted by Crippen LogP contribution is -2.06. The lowest BCUT2D eigenvalue weighted by atomic mass is 10.0. The van der Waals surface area contributed by atoms with E-state index in [2.05, 4.69) is 4.98 Å². The molecular formula is C15H12N2O3. The predicted octanol–water partition coefficient (Wildman–Crippen LogP) is 2.93. The van der Waals surface area contributed by atoms with Crippen LogP contribution < -0.4 is 4.74 Å². The fourth-order valence-electron chi connectivity index (χ4n) is 1.64. The van der Waals surface area contributed by atoms with Gasteiger partial charge in [0.25, 0.3) is 0 Å². The first-order chi connectivity index (χ1) is 9.61. The number of benzene rings is 1. The zero-order valence-electron chi connectivity index (χ0n) is 10.8. The van der Waals surface area contributed by atoms with Gasteiger partial charge in [0.1, 0.15) is 17.4 Å². The van der Waals surface area contributed by atoms with Crippen molar-refractivity contribution in [1.82, 2.24) is 4.98 Å². The average Bonchev–Trinajstić information content (AvgIpc) is 2.48. The van der Waals surface area contributed by atoms with Crippen molar-refractivity contribution < 1.29 is 14.6 Å². The molecule has 0 aliphatic heterocycles. The maximum atomic E-state index is 10.9. The molecule has 0 amide bonds. The van der Waals surface area contributed by atoms with Gasteiger partial charge in [0.05, 0.1) is 5.92 Å². The van der Waals surface area contributed by atoms with Crippen LogP contribution in [0.15, 0.2) is 42.6 Å². The summed E-state index contributed by atoms with van der Waals surface area (Å²) < 4.78 is 5.51. The quantitative estimate of drug-likeness (QED) is 0.921. The molecule has 20 heavy (non-hydrogen) atoms. The molecule has 0 saturated heterocycles. The minimum absolute atomic E-state index is 0.231. The van der Waals surface area contributed by atoms with Gasteiger partial charge in [0.2, 0.25) is 5.88 Å². The number of aliphatic carboxylic acids is 1. The number of pyridine rings is 1. The highest BCUT2D eigenvalue weighted by Gasteiger charge is 2.13. The molecule has 0 aliphatic rings. The highest BCUT2D eigenvalue weighted by Crippen LogP contribution is 2.24. The van der Waals surface area contributed by atoms with Crippen LogP contribution in [-0.4, -0.2) is 16.1 Å². The molecular weight excluding hydrogens is 256 g/mol. The second-order valence-corrected chi connectivity index (χ2v) is 4.20. The molecule has 100 valence electrons. The van der Waals surface area contributed by atoms with Crippen LogP contribution in [0.2, 0.25) is 0 Å². The fraction of sp³-hybridized carbons (Fsp3) is 0.133. The highest BCUT2D eigenvalue weighted by atomic mass is 16.5. The zero-order chi connectivity index (χ0) is 14.5. The van der Waals surface area contributed by atoms with E-state index < -0.39 is 11.9 Å².